The summed E-state index contributed by atoms with van der Waals surface area (Å²) in [6, 6.07) is 2.53. The van der Waals surface area contributed by atoms with Gasteiger partial charge in [0, 0.05) is 24.4 Å². The van der Waals surface area contributed by atoms with Crippen molar-refractivity contribution >= 4 is 23.2 Å². The summed E-state index contributed by atoms with van der Waals surface area (Å²) < 4.78 is 30.1. The maximum absolute atomic E-state index is 14.5. The Morgan fingerprint density at radius 2 is 2.20 bits per heavy atom. The number of nitrogens with zero attached hydrogens (tertiary/aromatic N) is 5. The van der Waals surface area contributed by atoms with E-state index in [0.29, 0.717) is 35.6 Å². The van der Waals surface area contributed by atoms with Crippen LogP contribution in [0.1, 0.15) is 47.4 Å². The molecule has 8 nitrogen and oxygen atoms in total. The van der Waals surface area contributed by atoms with Crippen LogP contribution in [0.15, 0.2) is 24.5 Å². The summed E-state index contributed by atoms with van der Waals surface area (Å²) in [7, 11) is 0. The molecule has 10 heteroatoms. The van der Waals surface area contributed by atoms with Gasteiger partial charge in [-0.05, 0) is 37.5 Å². The molecule has 2 aliphatic heterocycles. The smallest absolute Gasteiger partial charge is 0.259 e. The van der Waals surface area contributed by atoms with Crippen LogP contribution >= 0.6 is 0 Å². The van der Waals surface area contributed by atoms with Gasteiger partial charge in [-0.15, -0.1) is 5.10 Å². The van der Waals surface area contributed by atoms with Crippen molar-refractivity contribution in [2.45, 2.75) is 44.4 Å². The molecule has 30 heavy (non-hydrogen) atoms. The van der Waals surface area contributed by atoms with Crippen LogP contribution in [-0.4, -0.2) is 44.2 Å². The lowest BCUT2D eigenvalue weighted by molar-refractivity contribution is 0.0940. The molecular formula is C20H21F2N7O. The highest BCUT2D eigenvalue weighted by Crippen LogP contribution is 2.38. The van der Waals surface area contributed by atoms with Gasteiger partial charge in [-0.25, -0.2) is 18.3 Å². The number of hydrogen-bond donors (Lipinski definition) is 2. The number of aromatic nitrogens is 4. The predicted octanol–water partition coefficient (Wildman–Crippen LogP) is 2.20. The molecule has 1 fully saturated rings. The maximum atomic E-state index is 14.5. The van der Waals surface area contributed by atoms with Crippen LogP contribution in [0.2, 0.25) is 0 Å². The molecule has 1 unspecified atom stereocenters. The minimum absolute atomic E-state index is 0.0765. The van der Waals surface area contributed by atoms with Crippen LogP contribution in [0.25, 0.3) is 5.65 Å². The Kier molecular flexibility index (Phi) is 4.30. The van der Waals surface area contributed by atoms with E-state index in [1.807, 2.05) is 6.92 Å². The van der Waals surface area contributed by atoms with Gasteiger partial charge in [0.2, 0.25) is 0 Å². The number of rotatable bonds is 0. The normalized spacial score (nSPS) is 24.0. The van der Waals surface area contributed by atoms with Crippen molar-refractivity contribution in [2.75, 3.05) is 17.2 Å². The fraction of sp³-hybridized carbons (Fsp3) is 0.400. The van der Waals surface area contributed by atoms with Crippen LogP contribution in [0.4, 0.5) is 20.4 Å². The number of carbonyl (C=O) groups excluding carboxylic acids is 1. The Morgan fingerprint density at radius 1 is 1.37 bits per heavy atom. The molecule has 0 saturated carbocycles. The van der Waals surface area contributed by atoms with Gasteiger partial charge in [0.15, 0.2) is 11.5 Å². The van der Waals surface area contributed by atoms with E-state index in [2.05, 4.69) is 20.4 Å². The van der Waals surface area contributed by atoms with Crippen molar-refractivity contribution in [1.82, 2.24) is 24.9 Å². The van der Waals surface area contributed by atoms with Gasteiger partial charge in [0.25, 0.3) is 5.91 Å². The number of halogens is 2. The zero-order valence-corrected chi connectivity index (χ0v) is 16.3. The van der Waals surface area contributed by atoms with Gasteiger partial charge in [-0.1, -0.05) is 0 Å². The van der Waals surface area contributed by atoms with E-state index in [1.54, 1.807) is 17.2 Å². The van der Waals surface area contributed by atoms with Crippen LogP contribution in [0, 0.1) is 5.82 Å². The first-order valence-electron chi connectivity index (χ1n) is 9.91. The largest absolute Gasteiger partial charge is 0.381 e. The lowest BCUT2D eigenvalue weighted by atomic mass is 9.98. The van der Waals surface area contributed by atoms with E-state index < -0.39 is 18.0 Å². The molecule has 0 spiro atoms. The number of aryl methyl sites for hydroxylation is 1. The van der Waals surface area contributed by atoms with Crippen LogP contribution < -0.4 is 16.0 Å². The number of nitrogens with two attached hydrogens (primary N) is 1. The van der Waals surface area contributed by atoms with Crippen LogP contribution in [-0.2, 0) is 6.42 Å². The van der Waals surface area contributed by atoms with E-state index >= 15 is 0 Å². The summed E-state index contributed by atoms with van der Waals surface area (Å²) in [6.07, 6.45) is 3.04. The lowest BCUT2D eigenvalue weighted by Gasteiger charge is -2.27. The molecule has 1 saturated heterocycles. The topological polar surface area (TPSA) is 101 Å². The molecule has 2 bridgehead atoms. The molecule has 1 amide bonds. The predicted molar refractivity (Wildman–Crippen MR) is 106 cm³/mol. The molecule has 5 rings (SSSR count). The highest BCUT2D eigenvalue weighted by molar-refractivity contribution is 6.04. The third-order valence-corrected chi connectivity index (χ3v) is 5.79. The summed E-state index contributed by atoms with van der Waals surface area (Å²) in [5, 5.41) is 7.10. The highest BCUT2D eigenvalue weighted by Gasteiger charge is 2.36. The summed E-state index contributed by atoms with van der Waals surface area (Å²) >= 11 is 0. The Labute approximate surface area is 171 Å². The maximum Gasteiger partial charge on any atom is 0.259 e. The summed E-state index contributed by atoms with van der Waals surface area (Å²) in [5.74, 6) is -0.278. The second kappa shape index (κ2) is 6.89. The fourth-order valence-corrected chi connectivity index (χ4v) is 4.35. The fourth-order valence-electron chi connectivity index (χ4n) is 4.35. The average Bonchev–Trinajstić information content (AvgIpc) is 3.24. The Hall–Kier alpha value is -3.30. The van der Waals surface area contributed by atoms with Crippen LogP contribution in [0.5, 0.6) is 0 Å². The van der Waals surface area contributed by atoms with Crippen molar-refractivity contribution in [2.24, 2.45) is 0 Å². The molecule has 3 N–H and O–H groups in total. The number of nitrogens with one attached hydrogen (secondary N) is 1. The van der Waals surface area contributed by atoms with E-state index in [0.717, 1.165) is 0 Å². The van der Waals surface area contributed by atoms with Crippen molar-refractivity contribution in [1.29, 1.82) is 0 Å². The number of amides is 1. The van der Waals surface area contributed by atoms with E-state index in [4.69, 9.17) is 5.73 Å². The minimum Gasteiger partial charge on any atom is -0.381 e. The number of alkyl halides is 1. The molecule has 2 aliphatic rings. The Balaban J connectivity index is 1.72. The SMILES string of the molecule is CC1CCc2ncc(F)cc2[C@@H]2C[C@H](F)CN2c2ccn3nc(N)c(c3n2)C(=O)N1. The number of fused-ring (bicyclic) bond motifs is 5. The first-order valence-corrected chi connectivity index (χ1v) is 9.91. The zero-order valence-electron chi connectivity index (χ0n) is 16.3. The molecule has 156 valence electrons. The van der Waals surface area contributed by atoms with Crippen molar-refractivity contribution < 1.29 is 13.6 Å². The van der Waals surface area contributed by atoms with Gasteiger partial charge >= 0.3 is 0 Å². The van der Waals surface area contributed by atoms with Crippen molar-refractivity contribution in [3.05, 3.63) is 47.2 Å². The summed E-state index contributed by atoms with van der Waals surface area (Å²) in [5.41, 5.74) is 7.84. The quantitative estimate of drug-likeness (QED) is 0.586. The Bertz CT molecular complexity index is 1150. The summed E-state index contributed by atoms with van der Waals surface area (Å²) in [4.78, 5) is 23.6. The van der Waals surface area contributed by atoms with E-state index in [9.17, 15) is 13.6 Å². The summed E-state index contributed by atoms with van der Waals surface area (Å²) in [6.45, 7) is 1.99. The molecule has 3 aromatic rings. The van der Waals surface area contributed by atoms with Crippen LogP contribution in [0.3, 0.4) is 0 Å². The van der Waals surface area contributed by atoms with Gasteiger partial charge in [0.1, 0.15) is 23.4 Å². The molecule has 5 heterocycles. The van der Waals surface area contributed by atoms with E-state index in [-0.39, 0.29) is 36.3 Å². The second-order valence-electron chi connectivity index (χ2n) is 7.92. The standard InChI is InChI=1S/C20H21F2N7O/c1-10-2-3-14-13(6-11(21)8-24-14)15-7-12(22)9-28(15)16-4-5-29-19(26-16)17(18(23)27-29)20(30)25-10/h4-6,8,10,12,15H,2-3,7,9H2,1H3,(H2,23,27)(H,25,30)/t10?,12-,15-/m0/s1. The number of carbonyl (C=O) groups is 1. The van der Waals surface area contributed by atoms with Gasteiger partial charge in [-0.3, -0.25) is 9.78 Å². The molecule has 0 aliphatic carbocycles. The molecule has 0 aromatic carbocycles. The van der Waals surface area contributed by atoms with Gasteiger partial charge < -0.3 is 16.0 Å². The second-order valence-corrected chi connectivity index (χ2v) is 7.92. The third kappa shape index (κ3) is 3.03. The average molecular weight is 413 g/mol. The first kappa shape index (κ1) is 18.7. The van der Waals surface area contributed by atoms with E-state index in [1.165, 1.54) is 16.8 Å². The minimum atomic E-state index is -1.09. The number of nitrogen functional groups attached to an aromatic ring is 1. The van der Waals surface area contributed by atoms with Crippen molar-refractivity contribution in [3.63, 3.8) is 0 Å². The third-order valence-electron chi connectivity index (χ3n) is 5.79. The zero-order chi connectivity index (χ0) is 21.0. The number of anilines is 2. The first-order chi connectivity index (χ1) is 14.4. The molecular weight excluding hydrogens is 392 g/mol. The molecule has 3 aromatic heterocycles. The molecule has 0 radical (unpaired) electrons. The lowest BCUT2D eigenvalue weighted by Crippen LogP contribution is -2.33. The number of hydrogen-bond acceptors (Lipinski definition) is 6. The monoisotopic (exact) mass is 413 g/mol. The highest BCUT2D eigenvalue weighted by atomic mass is 19.1. The molecule has 3 atom stereocenters. The Morgan fingerprint density at radius 3 is 3.03 bits per heavy atom. The number of pyridine rings is 1. The van der Waals surface area contributed by atoms with Gasteiger partial charge in [0.05, 0.1) is 18.8 Å². The van der Waals surface area contributed by atoms with Crippen molar-refractivity contribution in [3.8, 4) is 0 Å². The van der Waals surface area contributed by atoms with Gasteiger partial charge in [-0.2, -0.15) is 0 Å².